The van der Waals surface area contributed by atoms with E-state index in [9.17, 15) is 0 Å². The quantitative estimate of drug-likeness (QED) is 0.671. The van der Waals surface area contributed by atoms with E-state index < -0.39 is 0 Å². The van der Waals surface area contributed by atoms with Gasteiger partial charge in [-0.05, 0) is 34.7 Å². The van der Waals surface area contributed by atoms with Crippen LogP contribution in [0.4, 0.5) is 0 Å². The van der Waals surface area contributed by atoms with Crippen molar-refractivity contribution >= 4 is 10.8 Å². The molecule has 0 aliphatic rings. The molecule has 0 saturated heterocycles. The molecule has 2 nitrogen and oxygen atoms in total. The van der Waals surface area contributed by atoms with E-state index in [4.69, 9.17) is 4.74 Å². The van der Waals surface area contributed by atoms with Gasteiger partial charge < -0.3 is 4.74 Å². The number of pyridine rings is 1. The van der Waals surface area contributed by atoms with E-state index in [-0.39, 0.29) is 0 Å². The fraction of sp³-hybridized carbons (Fsp3) is 0.0625. The number of aromatic nitrogens is 1. The van der Waals surface area contributed by atoms with Gasteiger partial charge in [0.25, 0.3) is 0 Å². The molecular weight excluding hydrogens is 222 g/mol. The van der Waals surface area contributed by atoms with Crippen molar-refractivity contribution in [2.24, 2.45) is 0 Å². The zero-order chi connectivity index (χ0) is 12.4. The Hall–Kier alpha value is -2.35. The minimum atomic E-state index is 0.876. The Kier molecular flexibility index (Phi) is 2.69. The topological polar surface area (TPSA) is 22.1 Å². The van der Waals surface area contributed by atoms with Gasteiger partial charge >= 0.3 is 0 Å². The highest BCUT2D eigenvalue weighted by molar-refractivity contribution is 5.96. The molecule has 0 aliphatic heterocycles. The van der Waals surface area contributed by atoms with Gasteiger partial charge in [0.1, 0.15) is 5.75 Å². The van der Waals surface area contributed by atoms with Gasteiger partial charge in [0.05, 0.1) is 7.11 Å². The molecule has 3 aromatic rings. The lowest BCUT2D eigenvalue weighted by Crippen LogP contribution is -1.84. The molecular formula is C16H13NO. The molecule has 1 aromatic heterocycles. The van der Waals surface area contributed by atoms with Gasteiger partial charge in [-0.3, -0.25) is 4.98 Å². The van der Waals surface area contributed by atoms with Crippen molar-refractivity contribution in [3.63, 3.8) is 0 Å². The molecule has 0 aliphatic carbocycles. The zero-order valence-corrected chi connectivity index (χ0v) is 10.1. The van der Waals surface area contributed by atoms with Gasteiger partial charge in [0, 0.05) is 17.8 Å². The highest BCUT2D eigenvalue weighted by atomic mass is 16.5. The number of methoxy groups -OCH3 is 1. The molecule has 1 heterocycles. The van der Waals surface area contributed by atoms with Crippen LogP contribution in [0.15, 0.2) is 60.9 Å². The Bertz CT molecular complexity index is 669. The predicted octanol–water partition coefficient (Wildman–Crippen LogP) is 3.91. The summed E-state index contributed by atoms with van der Waals surface area (Å²) in [6, 6.07) is 16.4. The summed E-state index contributed by atoms with van der Waals surface area (Å²) < 4.78 is 5.18. The second-order valence-corrected chi connectivity index (χ2v) is 4.13. The Morgan fingerprint density at radius 1 is 0.944 bits per heavy atom. The number of ether oxygens (including phenoxy) is 1. The molecule has 0 fully saturated rings. The van der Waals surface area contributed by atoms with Crippen LogP contribution in [0.3, 0.4) is 0 Å². The normalized spacial score (nSPS) is 10.5. The average Bonchev–Trinajstić information content (AvgIpc) is 2.47. The maximum atomic E-state index is 5.18. The molecule has 0 unspecified atom stereocenters. The first-order valence-corrected chi connectivity index (χ1v) is 5.85. The molecule has 0 N–H and O–H groups in total. The standard InChI is InChI=1S/C16H13NO/c1-18-14-7-5-12(6-8-14)15-4-2-3-13-11-17-10-9-16(13)15/h2-11H,1H3. The van der Waals surface area contributed by atoms with Crippen molar-refractivity contribution in [3.05, 3.63) is 60.9 Å². The molecule has 2 aromatic carbocycles. The van der Waals surface area contributed by atoms with Crippen molar-refractivity contribution in [2.45, 2.75) is 0 Å². The summed E-state index contributed by atoms with van der Waals surface area (Å²) in [5.41, 5.74) is 2.41. The van der Waals surface area contributed by atoms with Gasteiger partial charge in [-0.2, -0.15) is 0 Å². The van der Waals surface area contributed by atoms with E-state index in [0.717, 1.165) is 11.1 Å². The number of benzene rings is 2. The first-order valence-electron chi connectivity index (χ1n) is 5.85. The lowest BCUT2D eigenvalue weighted by Gasteiger charge is -2.07. The van der Waals surface area contributed by atoms with Gasteiger partial charge in [-0.25, -0.2) is 0 Å². The summed E-state index contributed by atoms with van der Waals surface area (Å²) >= 11 is 0. The van der Waals surface area contributed by atoms with Crippen molar-refractivity contribution in [3.8, 4) is 16.9 Å². The molecule has 0 atom stereocenters. The lowest BCUT2D eigenvalue weighted by atomic mass is 9.99. The fourth-order valence-corrected chi connectivity index (χ4v) is 2.14. The summed E-state index contributed by atoms with van der Waals surface area (Å²) in [5, 5.41) is 2.38. The number of rotatable bonds is 2. The van der Waals surface area contributed by atoms with Crippen molar-refractivity contribution in [1.82, 2.24) is 4.98 Å². The third-order valence-electron chi connectivity index (χ3n) is 3.08. The molecule has 2 heteroatoms. The third kappa shape index (κ3) is 1.82. The van der Waals surface area contributed by atoms with E-state index in [1.807, 2.05) is 24.5 Å². The number of nitrogens with zero attached hydrogens (tertiary/aromatic N) is 1. The summed E-state index contributed by atoms with van der Waals surface area (Å²) in [6.45, 7) is 0. The summed E-state index contributed by atoms with van der Waals surface area (Å²) in [5.74, 6) is 0.876. The van der Waals surface area contributed by atoms with Crippen LogP contribution in [-0.2, 0) is 0 Å². The molecule has 18 heavy (non-hydrogen) atoms. The maximum absolute atomic E-state index is 5.18. The van der Waals surface area contributed by atoms with Crippen LogP contribution >= 0.6 is 0 Å². The largest absolute Gasteiger partial charge is 0.497 e. The second kappa shape index (κ2) is 4.49. The predicted molar refractivity (Wildman–Crippen MR) is 73.7 cm³/mol. The number of hydrogen-bond acceptors (Lipinski definition) is 2. The molecule has 0 radical (unpaired) electrons. The van der Waals surface area contributed by atoms with E-state index in [1.165, 1.54) is 16.5 Å². The van der Waals surface area contributed by atoms with Gasteiger partial charge in [0.15, 0.2) is 0 Å². The van der Waals surface area contributed by atoms with Crippen molar-refractivity contribution < 1.29 is 4.74 Å². The van der Waals surface area contributed by atoms with Crippen molar-refractivity contribution in [2.75, 3.05) is 7.11 Å². The third-order valence-corrected chi connectivity index (χ3v) is 3.08. The van der Waals surface area contributed by atoms with E-state index >= 15 is 0 Å². The Morgan fingerprint density at radius 3 is 2.56 bits per heavy atom. The molecule has 0 amide bonds. The minimum absolute atomic E-state index is 0.876. The van der Waals surface area contributed by atoms with Gasteiger partial charge in [-0.15, -0.1) is 0 Å². The maximum Gasteiger partial charge on any atom is 0.118 e. The highest BCUT2D eigenvalue weighted by Gasteiger charge is 2.03. The summed E-state index contributed by atoms with van der Waals surface area (Å²) in [7, 11) is 1.68. The molecule has 0 saturated carbocycles. The smallest absolute Gasteiger partial charge is 0.118 e. The Labute approximate surface area is 106 Å². The van der Waals surface area contributed by atoms with Crippen LogP contribution in [0.25, 0.3) is 21.9 Å². The first kappa shape index (κ1) is 10.8. The van der Waals surface area contributed by atoms with E-state index in [0.29, 0.717) is 0 Å². The molecule has 0 bridgehead atoms. The second-order valence-electron chi connectivity index (χ2n) is 4.13. The molecule has 88 valence electrons. The van der Waals surface area contributed by atoms with Gasteiger partial charge in [0.2, 0.25) is 0 Å². The van der Waals surface area contributed by atoms with Gasteiger partial charge in [-0.1, -0.05) is 30.3 Å². The van der Waals surface area contributed by atoms with Crippen LogP contribution in [0.2, 0.25) is 0 Å². The SMILES string of the molecule is COc1ccc(-c2cccc3cnccc23)cc1. The van der Waals surface area contributed by atoms with Crippen LogP contribution in [0.1, 0.15) is 0 Å². The van der Waals surface area contributed by atoms with Crippen LogP contribution in [0, 0.1) is 0 Å². The van der Waals surface area contributed by atoms with E-state index in [1.54, 1.807) is 7.11 Å². The first-order chi connectivity index (χ1) is 8.88. The lowest BCUT2D eigenvalue weighted by molar-refractivity contribution is 0.415. The summed E-state index contributed by atoms with van der Waals surface area (Å²) in [6.07, 6.45) is 3.72. The van der Waals surface area contributed by atoms with Crippen LogP contribution in [0.5, 0.6) is 5.75 Å². The number of hydrogen-bond donors (Lipinski definition) is 0. The fourth-order valence-electron chi connectivity index (χ4n) is 2.14. The Balaban J connectivity index is 2.18. The van der Waals surface area contributed by atoms with E-state index in [2.05, 4.69) is 41.4 Å². The van der Waals surface area contributed by atoms with Crippen LogP contribution in [-0.4, -0.2) is 12.1 Å². The average molecular weight is 235 g/mol. The molecule has 3 rings (SSSR count). The molecule has 0 spiro atoms. The monoisotopic (exact) mass is 235 g/mol. The summed E-state index contributed by atoms with van der Waals surface area (Å²) in [4.78, 5) is 4.16. The zero-order valence-electron chi connectivity index (χ0n) is 10.1. The van der Waals surface area contributed by atoms with Crippen molar-refractivity contribution in [1.29, 1.82) is 0 Å². The minimum Gasteiger partial charge on any atom is -0.497 e. The van der Waals surface area contributed by atoms with Crippen LogP contribution < -0.4 is 4.74 Å². The Morgan fingerprint density at radius 2 is 1.78 bits per heavy atom. The highest BCUT2D eigenvalue weighted by Crippen LogP contribution is 2.29. The number of fused-ring (bicyclic) bond motifs is 1.